The van der Waals surface area contributed by atoms with Gasteiger partial charge >= 0.3 is 0 Å². The third kappa shape index (κ3) is 2.78. The minimum atomic E-state index is 0.919. The first kappa shape index (κ1) is 13.2. The van der Waals surface area contributed by atoms with Crippen LogP contribution in [0.3, 0.4) is 0 Å². The summed E-state index contributed by atoms with van der Waals surface area (Å²) in [6, 6.07) is 4.34. The monoisotopic (exact) mass is 247 g/mol. The van der Waals surface area contributed by atoms with Gasteiger partial charge < -0.3 is 10.6 Å². The second kappa shape index (κ2) is 5.61. The van der Waals surface area contributed by atoms with Crippen LogP contribution in [0.15, 0.2) is 12.1 Å². The fourth-order valence-corrected chi connectivity index (χ4v) is 2.63. The number of nitrogens with two attached hydrogens (primary N) is 1. The molecule has 1 saturated heterocycles. The molecular weight excluding hydrogens is 222 g/mol. The molecule has 3 nitrogen and oxygen atoms in total. The average Bonchev–Trinajstić information content (AvgIpc) is 2.35. The first-order valence-electron chi connectivity index (χ1n) is 6.96. The van der Waals surface area contributed by atoms with Crippen LogP contribution in [0.2, 0.25) is 0 Å². The van der Waals surface area contributed by atoms with Gasteiger partial charge in [-0.1, -0.05) is 6.92 Å². The van der Waals surface area contributed by atoms with Crippen LogP contribution in [-0.2, 0) is 0 Å². The van der Waals surface area contributed by atoms with Crippen molar-refractivity contribution >= 4 is 11.4 Å². The number of rotatable bonds is 3. The first-order chi connectivity index (χ1) is 8.61. The number of nitrogens with zero attached hydrogens (tertiary/aromatic N) is 2. The van der Waals surface area contributed by atoms with E-state index in [9.17, 15) is 0 Å². The summed E-state index contributed by atoms with van der Waals surface area (Å²) in [5.74, 6) is 0. The lowest BCUT2D eigenvalue weighted by atomic mass is 10.1. The molecule has 0 bridgehead atoms. The van der Waals surface area contributed by atoms with Crippen LogP contribution < -0.4 is 10.6 Å². The molecule has 1 fully saturated rings. The number of piperazine rings is 1. The maximum absolute atomic E-state index is 6.16. The molecule has 1 aromatic carbocycles. The summed E-state index contributed by atoms with van der Waals surface area (Å²) in [5.41, 5.74) is 10.9. The Hall–Kier alpha value is -1.22. The molecule has 2 N–H and O–H groups in total. The van der Waals surface area contributed by atoms with Crippen molar-refractivity contribution in [2.24, 2.45) is 0 Å². The van der Waals surface area contributed by atoms with Crippen LogP contribution in [-0.4, -0.2) is 37.6 Å². The van der Waals surface area contributed by atoms with Gasteiger partial charge in [0.2, 0.25) is 0 Å². The first-order valence-corrected chi connectivity index (χ1v) is 6.96. The molecule has 18 heavy (non-hydrogen) atoms. The molecule has 0 amide bonds. The van der Waals surface area contributed by atoms with Gasteiger partial charge in [0.15, 0.2) is 0 Å². The number of hydrogen-bond donors (Lipinski definition) is 1. The maximum atomic E-state index is 6.16. The molecular formula is C15H25N3. The topological polar surface area (TPSA) is 32.5 Å². The highest BCUT2D eigenvalue weighted by atomic mass is 15.3. The second-order valence-electron chi connectivity index (χ2n) is 5.32. The van der Waals surface area contributed by atoms with E-state index in [1.807, 2.05) is 0 Å². The second-order valence-corrected chi connectivity index (χ2v) is 5.32. The summed E-state index contributed by atoms with van der Waals surface area (Å²) >= 11 is 0. The Bertz CT molecular complexity index is 406. The van der Waals surface area contributed by atoms with E-state index in [-0.39, 0.29) is 0 Å². The molecule has 0 aliphatic carbocycles. The lowest BCUT2D eigenvalue weighted by Crippen LogP contribution is -2.46. The van der Waals surface area contributed by atoms with Crippen molar-refractivity contribution in [2.75, 3.05) is 43.4 Å². The predicted molar refractivity (Wildman–Crippen MR) is 79.3 cm³/mol. The Kier molecular flexibility index (Phi) is 4.12. The summed E-state index contributed by atoms with van der Waals surface area (Å²) in [6.45, 7) is 12.2. The van der Waals surface area contributed by atoms with Crippen molar-refractivity contribution in [3.63, 3.8) is 0 Å². The molecule has 0 saturated carbocycles. The Balaban J connectivity index is 2.07. The molecule has 0 aromatic heterocycles. The van der Waals surface area contributed by atoms with Crippen molar-refractivity contribution in [2.45, 2.75) is 27.2 Å². The van der Waals surface area contributed by atoms with Crippen LogP contribution in [0, 0.1) is 13.8 Å². The third-order valence-corrected chi connectivity index (χ3v) is 3.90. The Morgan fingerprint density at radius 2 is 1.67 bits per heavy atom. The van der Waals surface area contributed by atoms with E-state index in [1.165, 1.54) is 29.8 Å². The lowest BCUT2D eigenvalue weighted by Gasteiger charge is -2.36. The molecule has 0 radical (unpaired) electrons. The predicted octanol–water partition coefficient (Wildman–Crippen LogP) is 2.42. The Morgan fingerprint density at radius 1 is 1.06 bits per heavy atom. The van der Waals surface area contributed by atoms with Gasteiger partial charge in [0, 0.05) is 26.2 Å². The van der Waals surface area contributed by atoms with Gasteiger partial charge in [-0.2, -0.15) is 0 Å². The zero-order valence-electron chi connectivity index (χ0n) is 11.9. The van der Waals surface area contributed by atoms with Gasteiger partial charge in [-0.3, -0.25) is 4.90 Å². The summed E-state index contributed by atoms with van der Waals surface area (Å²) in [4.78, 5) is 4.96. The SMILES string of the molecule is CCCN1CCN(c2cc(C)c(C)cc2N)CC1. The fraction of sp³-hybridized carbons (Fsp3) is 0.600. The van der Waals surface area contributed by atoms with Crippen molar-refractivity contribution in [1.82, 2.24) is 4.90 Å². The molecule has 3 heteroatoms. The molecule has 1 aliphatic rings. The van der Waals surface area contributed by atoms with Gasteiger partial charge in [-0.05, 0) is 50.1 Å². The standard InChI is InChI=1S/C15H25N3/c1-4-5-17-6-8-18(9-7-17)15-11-13(3)12(2)10-14(15)16/h10-11H,4-9,16H2,1-3H3. The van der Waals surface area contributed by atoms with E-state index < -0.39 is 0 Å². The highest BCUT2D eigenvalue weighted by molar-refractivity contribution is 5.70. The van der Waals surface area contributed by atoms with Crippen molar-refractivity contribution in [3.8, 4) is 0 Å². The van der Waals surface area contributed by atoms with Crippen LogP contribution in [0.5, 0.6) is 0 Å². The summed E-state index contributed by atoms with van der Waals surface area (Å²) in [6.07, 6.45) is 1.24. The number of hydrogen-bond acceptors (Lipinski definition) is 3. The maximum Gasteiger partial charge on any atom is 0.0603 e. The van der Waals surface area contributed by atoms with Crippen molar-refractivity contribution in [1.29, 1.82) is 0 Å². The smallest absolute Gasteiger partial charge is 0.0603 e. The van der Waals surface area contributed by atoms with Crippen LogP contribution in [0.25, 0.3) is 0 Å². The average molecular weight is 247 g/mol. The highest BCUT2D eigenvalue weighted by Gasteiger charge is 2.18. The zero-order valence-corrected chi connectivity index (χ0v) is 11.9. The van der Waals surface area contributed by atoms with Crippen LogP contribution in [0.1, 0.15) is 24.5 Å². The van der Waals surface area contributed by atoms with Crippen LogP contribution in [0.4, 0.5) is 11.4 Å². The zero-order chi connectivity index (χ0) is 13.1. The van der Waals surface area contributed by atoms with Gasteiger partial charge in [-0.15, -0.1) is 0 Å². The molecule has 2 rings (SSSR count). The summed E-state index contributed by atoms with van der Waals surface area (Å²) in [5, 5.41) is 0. The number of anilines is 2. The third-order valence-electron chi connectivity index (χ3n) is 3.90. The normalized spacial score (nSPS) is 17.2. The van der Waals surface area contributed by atoms with E-state index in [1.54, 1.807) is 0 Å². The minimum absolute atomic E-state index is 0.919. The van der Waals surface area contributed by atoms with Crippen molar-refractivity contribution < 1.29 is 0 Å². The number of aryl methyl sites for hydroxylation is 2. The largest absolute Gasteiger partial charge is 0.397 e. The van der Waals surface area contributed by atoms with Gasteiger partial charge in [-0.25, -0.2) is 0 Å². The van der Waals surface area contributed by atoms with E-state index in [0.717, 1.165) is 31.9 Å². The molecule has 0 atom stereocenters. The quantitative estimate of drug-likeness (QED) is 0.833. The molecule has 0 unspecified atom stereocenters. The summed E-state index contributed by atoms with van der Waals surface area (Å²) < 4.78 is 0. The molecule has 0 spiro atoms. The van der Waals surface area contributed by atoms with Crippen molar-refractivity contribution in [3.05, 3.63) is 23.3 Å². The van der Waals surface area contributed by atoms with Gasteiger partial charge in [0.05, 0.1) is 11.4 Å². The van der Waals surface area contributed by atoms with E-state index in [4.69, 9.17) is 5.73 Å². The van der Waals surface area contributed by atoms with Gasteiger partial charge in [0.1, 0.15) is 0 Å². The molecule has 1 aromatic rings. The highest BCUT2D eigenvalue weighted by Crippen LogP contribution is 2.27. The van der Waals surface area contributed by atoms with Crippen LogP contribution >= 0.6 is 0 Å². The Morgan fingerprint density at radius 3 is 2.28 bits per heavy atom. The lowest BCUT2D eigenvalue weighted by molar-refractivity contribution is 0.258. The van der Waals surface area contributed by atoms with E-state index in [0.29, 0.717) is 0 Å². The fourth-order valence-electron chi connectivity index (χ4n) is 2.63. The van der Waals surface area contributed by atoms with E-state index in [2.05, 4.69) is 42.7 Å². The summed E-state index contributed by atoms with van der Waals surface area (Å²) in [7, 11) is 0. The number of nitrogen functional groups attached to an aromatic ring is 1. The molecule has 100 valence electrons. The molecule has 1 heterocycles. The van der Waals surface area contributed by atoms with E-state index >= 15 is 0 Å². The molecule has 1 aliphatic heterocycles. The Labute approximate surface area is 111 Å². The number of benzene rings is 1. The minimum Gasteiger partial charge on any atom is -0.397 e. The van der Waals surface area contributed by atoms with Gasteiger partial charge in [0.25, 0.3) is 0 Å².